The Labute approximate surface area is 120 Å². The van der Waals surface area contributed by atoms with E-state index in [1.54, 1.807) is 11.3 Å². The summed E-state index contributed by atoms with van der Waals surface area (Å²) >= 11 is 8.93. The minimum Gasteiger partial charge on any atom is -0.360 e. The molecule has 0 aliphatic rings. The van der Waals surface area contributed by atoms with Crippen LogP contribution in [0, 0.1) is 0 Å². The maximum Gasteiger partial charge on any atom is 0.202 e. The van der Waals surface area contributed by atoms with Crippen molar-refractivity contribution in [3.8, 4) is 0 Å². The van der Waals surface area contributed by atoms with Gasteiger partial charge in [0.1, 0.15) is 5.82 Å². The Morgan fingerprint density at radius 1 is 1.33 bits per heavy atom. The van der Waals surface area contributed by atoms with Gasteiger partial charge in [-0.05, 0) is 18.6 Å². The van der Waals surface area contributed by atoms with E-state index in [9.17, 15) is 0 Å². The van der Waals surface area contributed by atoms with Gasteiger partial charge in [-0.15, -0.1) is 11.3 Å². The van der Waals surface area contributed by atoms with E-state index in [2.05, 4.69) is 41.5 Å². The van der Waals surface area contributed by atoms with Crippen LogP contribution in [0.25, 0.3) is 0 Å². The molecule has 98 valence electrons. The summed E-state index contributed by atoms with van der Waals surface area (Å²) in [6.45, 7) is 7.21. The Balaban J connectivity index is 1.85. The Kier molecular flexibility index (Phi) is 4.25. The van der Waals surface area contributed by atoms with E-state index in [-0.39, 0.29) is 5.41 Å². The maximum absolute atomic E-state index is 5.89. The molecule has 0 aromatic carbocycles. The van der Waals surface area contributed by atoms with Crippen LogP contribution in [0.3, 0.4) is 0 Å². The Hall–Kier alpha value is -0.650. The number of nitrogens with zero attached hydrogens (tertiary/aromatic N) is 2. The van der Waals surface area contributed by atoms with Gasteiger partial charge in [0.15, 0.2) is 0 Å². The van der Waals surface area contributed by atoms with Crippen molar-refractivity contribution < 1.29 is 0 Å². The number of anilines is 1. The van der Waals surface area contributed by atoms with Crippen molar-refractivity contribution in [2.75, 3.05) is 11.9 Å². The van der Waals surface area contributed by atoms with Crippen LogP contribution in [-0.4, -0.2) is 15.9 Å². The van der Waals surface area contributed by atoms with Crippen LogP contribution in [0.2, 0.25) is 4.34 Å². The number of aromatic nitrogens is 2. The minimum absolute atomic E-state index is 0.0116. The number of hydrogen-bond donors (Lipinski definition) is 1. The molecular formula is C12H16ClN3S2. The first-order valence-electron chi connectivity index (χ1n) is 5.77. The molecule has 0 fully saturated rings. The van der Waals surface area contributed by atoms with Gasteiger partial charge in [0, 0.05) is 28.4 Å². The van der Waals surface area contributed by atoms with Crippen LogP contribution in [0.5, 0.6) is 0 Å². The van der Waals surface area contributed by atoms with Gasteiger partial charge in [0.2, 0.25) is 5.13 Å². The number of nitrogens with one attached hydrogen (secondary N) is 1. The van der Waals surface area contributed by atoms with Gasteiger partial charge in [-0.1, -0.05) is 32.4 Å². The SMILES string of the molecule is CC(C)(C)c1nsc(NCCc2ccc(Cl)s2)n1. The molecule has 0 atom stereocenters. The maximum atomic E-state index is 5.89. The second-order valence-corrected chi connectivity index (χ2v) is 7.61. The first-order chi connectivity index (χ1) is 8.45. The van der Waals surface area contributed by atoms with Crippen molar-refractivity contribution in [2.45, 2.75) is 32.6 Å². The summed E-state index contributed by atoms with van der Waals surface area (Å²) in [6, 6.07) is 4.00. The quantitative estimate of drug-likeness (QED) is 0.919. The van der Waals surface area contributed by atoms with Crippen molar-refractivity contribution in [1.82, 2.24) is 9.36 Å². The molecule has 6 heteroatoms. The molecule has 2 aromatic heterocycles. The molecule has 0 aliphatic heterocycles. The van der Waals surface area contributed by atoms with Crippen molar-refractivity contribution in [3.63, 3.8) is 0 Å². The van der Waals surface area contributed by atoms with E-state index in [1.807, 2.05) is 6.07 Å². The van der Waals surface area contributed by atoms with Crippen LogP contribution in [0.15, 0.2) is 12.1 Å². The van der Waals surface area contributed by atoms with E-state index < -0.39 is 0 Å². The molecule has 2 rings (SSSR count). The molecule has 0 saturated heterocycles. The molecular weight excluding hydrogens is 286 g/mol. The first-order valence-corrected chi connectivity index (χ1v) is 7.74. The molecule has 0 unspecified atom stereocenters. The summed E-state index contributed by atoms with van der Waals surface area (Å²) in [6.07, 6.45) is 0.960. The van der Waals surface area contributed by atoms with E-state index >= 15 is 0 Å². The topological polar surface area (TPSA) is 37.8 Å². The third-order valence-electron chi connectivity index (χ3n) is 2.37. The molecule has 0 bridgehead atoms. The smallest absolute Gasteiger partial charge is 0.202 e. The lowest BCUT2D eigenvalue weighted by molar-refractivity contribution is 0.555. The van der Waals surface area contributed by atoms with Crippen LogP contribution >= 0.6 is 34.5 Å². The van der Waals surface area contributed by atoms with Crippen LogP contribution in [0.1, 0.15) is 31.5 Å². The summed E-state index contributed by atoms with van der Waals surface area (Å²) in [7, 11) is 0. The predicted octanol–water partition coefficient (Wildman–Crippen LogP) is 4.21. The van der Waals surface area contributed by atoms with E-state index in [1.165, 1.54) is 16.4 Å². The summed E-state index contributed by atoms with van der Waals surface area (Å²) in [4.78, 5) is 5.78. The standard InChI is InChI=1S/C12H16ClN3S2/c1-12(2,3)10-15-11(18-16-10)14-7-6-8-4-5-9(13)17-8/h4-5H,6-7H2,1-3H3,(H,14,15,16). The highest BCUT2D eigenvalue weighted by Crippen LogP contribution is 2.24. The Morgan fingerprint density at radius 3 is 2.67 bits per heavy atom. The lowest BCUT2D eigenvalue weighted by atomic mass is 9.96. The Bertz CT molecular complexity index is 513. The monoisotopic (exact) mass is 301 g/mol. The van der Waals surface area contributed by atoms with Crippen molar-refractivity contribution in [1.29, 1.82) is 0 Å². The average molecular weight is 302 g/mol. The number of rotatable bonds is 4. The van der Waals surface area contributed by atoms with Crippen molar-refractivity contribution in [3.05, 3.63) is 27.2 Å². The third-order valence-corrected chi connectivity index (χ3v) is 4.34. The van der Waals surface area contributed by atoms with Gasteiger partial charge in [-0.2, -0.15) is 4.37 Å². The fourth-order valence-corrected chi connectivity index (χ4v) is 3.25. The normalized spacial score (nSPS) is 11.8. The molecule has 0 radical (unpaired) electrons. The highest BCUT2D eigenvalue weighted by molar-refractivity contribution is 7.16. The zero-order valence-corrected chi connectivity index (χ0v) is 13.0. The van der Waals surface area contributed by atoms with Crippen LogP contribution in [0.4, 0.5) is 5.13 Å². The molecule has 3 nitrogen and oxygen atoms in total. The highest BCUT2D eigenvalue weighted by Gasteiger charge is 2.19. The molecule has 0 spiro atoms. The van der Waals surface area contributed by atoms with Crippen molar-refractivity contribution in [2.24, 2.45) is 0 Å². The summed E-state index contributed by atoms with van der Waals surface area (Å²) in [5.74, 6) is 0.897. The zero-order chi connectivity index (χ0) is 13.2. The van der Waals surface area contributed by atoms with Gasteiger partial charge >= 0.3 is 0 Å². The molecule has 18 heavy (non-hydrogen) atoms. The lowest BCUT2D eigenvalue weighted by Gasteiger charge is -2.12. The third kappa shape index (κ3) is 3.67. The summed E-state index contributed by atoms with van der Waals surface area (Å²) < 4.78 is 5.21. The van der Waals surface area contributed by atoms with Gasteiger partial charge in [-0.25, -0.2) is 4.98 Å². The van der Waals surface area contributed by atoms with Gasteiger partial charge in [0.05, 0.1) is 4.34 Å². The molecule has 0 amide bonds. The lowest BCUT2D eigenvalue weighted by Crippen LogP contribution is -2.13. The molecule has 2 heterocycles. The van der Waals surface area contributed by atoms with Gasteiger partial charge in [0.25, 0.3) is 0 Å². The fraction of sp³-hybridized carbons (Fsp3) is 0.500. The van der Waals surface area contributed by atoms with E-state index in [4.69, 9.17) is 11.6 Å². The summed E-state index contributed by atoms with van der Waals surface area (Å²) in [5.41, 5.74) is 0.0116. The van der Waals surface area contributed by atoms with Crippen LogP contribution < -0.4 is 5.32 Å². The molecule has 0 saturated carbocycles. The minimum atomic E-state index is 0.0116. The van der Waals surface area contributed by atoms with Crippen LogP contribution in [-0.2, 0) is 11.8 Å². The second-order valence-electron chi connectivity index (χ2n) is 5.06. The number of halogens is 1. The van der Waals surface area contributed by atoms with E-state index in [0.29, 0.717) is 0 Å². The average Bonchev–Trinajstić information content (AvgIpc) is 2.87. The second kappa shape index (κ2) is 5.55. The van der Waals surface area contributed by atoms with Gasteiger partial charge in [-0.3, -0.25) is 0 Å². The van der Waals surface area contributed by atoms with Crippen molar-refractivity contribution >= 4 is 39.6 Å². The zero-order valence-electron chi connectivity index (χ0n) is 10.7. The van der Waals surface area contributed by atoms with E-state index in [0.717, 1.165) is 28.3 Å². The van der Waals surface area contributed by atoms with Gasteiger partial charge < -0.3 is 5.32 Å². The number of thiophene rings is 1. The predicted molar refractivity (Wildman–Crippen MR) is 80.1 cm³/mol. The summed E-state index contributed by atoms with van der Waals surface area (Å²) in [5, 5.41) is 4.19. The largest absolute Gasteiger partial charge is 0.360 e. The Morgan fingerprint density at radius 2 is 2.11 bits per heavy atom. The highest BCUT2D eigenvalue weighted by atomic mass is 35.5. The molecule has 2 aromatic rings. The number of hydrogen-bond acceptors (Lipinski definition) is 5. The molecule has 1 N–H and O–H groups in total. The fourth-order valence-electron chi connectivity index (χ4n) is 1.38. The first kappa shape index (κ1) is 13.8. The molecule has 0 aliphatic carbocycles.